The van der Waals surface area contributed by atoms with Gasteiger partial charge in [0.05, 0.1) is 29.8 Å². The van der Waals surface area contributed by atoms with Gasteiger partial charge in [-0.25, -0.2) is 4.85 Å². The first-order valence-corrected chi connectivity index (χ1v) is 21.5. The number of aromatic nitrogens is 3. The van der Waals surface area contributed by atoms with E-state index in [0.717, 1.165) is 69.0 Å². The lowest BCUT2D eigenvalue weighted by Crippen LogP contribution is -1.98. The van der Waals surface area contributed by atoms with Crippen molar-refractivity contribution < 1.29 is 0 Å². The predicted octanol–water partition coefficient (Wildman–Crippen LogP) is 14.9. The molecule has 0 spiro atoms. The average molecular weight is 811 g/mol. The van der Waals surface area contributed by atoms with Crippen LogP contribution in [0.1, 0.15) is 65.3 Å². The standard InChI is InChI=1S/C57H42N6/c1-5-61-51-17-11-8-14-41(51)46-32-37(23-29-54(46)61)20-26-40-49(35-58)44(27-21-38-24-30-55-47(33-38)42-15-9-12-18-52(42)62(55)6-2)57(60-4)45(50(40)36-59)28-22-39-25-31-56-48(34-39)43-16-10-13-19-53(43)63(56)7-3/h8-34H,5-7H2,1-3H3/b26-20+,27-21+,28-22+. The van der Waals surface area contributed by atoms with Crippen molar-refractivity contribution in [2.45, 2.75) is 40.4 Å². The monoisotopic (exact) mass is 810 g/mol. The first-order valence-electron chi connectivity index (χ1n) is 21.5. The molecule has 63 heavy (non-hydrogen) atoms. The van der Waals surface area contributed by atoms with Crippen LogP contribution in [0.2, 0.25) is 0 Å². The van der Waals surface area contributed by atoms with E-state index in [1.165, 1.54) is 32.7 Å². The molecule has 7 aromatic carbocycles. The Labute approximate surface area is 366 Å². The van der Waals surface area contributed by atoms with Crippen molar-refractivity contribution >= 4 is 108 Å². The molecule has 6 nitrogen and oxygen atoms in total. The van der Waals surface area contributed by atoms with E-state index in [2.05, 4.69) is 179 Å². The van der Waals surface area contributed by atoms with E-state index in [0.29, 0.717) is 16.7 Å². The second kappa shape index (κ2) is 15.9. The Morgan fingerprint density at radius 1 is 0.429 bits per heavy atom. The van der Waals surface area contributed by atoms with Crippen molar-refractivity contribution in [1.82, 2.24) is 13.7 Å². The summed E-state index contributed by atoms with van der Waals surface area (Å²) in [5.41, 5.74) is 12.1. The number of hydrogen-bond donors (Lipinski definition) is 0. The van der Waals surface area contributed by atoms with Crippen LogP contribution in [0.25, 0.3) is 107 Å². The molecule has 3 aromatic heterocycles. The molecule has 0 aliphatic rings. The van der Waals surface area contributed by atoms with Gasteiger partial charge in [-0.2, -0.15) is 10.5 Å². The number of rotatable bonds is 9. The van der Waals surface area contributed by atoms with Gasteiger partial charge in [0.1, 0.15) is 0 Å². The van der Waals surface area contributed by atoms with Gasteiger partial charge in [0.25, 0.3) is 0 Å². The Kier molecular flexibility index (Phi) is 9.80. The van der Waals surface area contributed by atoms with Crippen LogP contribution in [-0.2, 0) is 19.6 Å². The maximum Gasteiger partial charge on any atom is 0.204 e. The summed E-state index contributed by atoms with van der Waals surface area (Å²) in [7, 11) is 0. The Bertz CT molecular complexity index is 3320. The zero-order valence-electron chi connectivity index (χ0n) is 35.4. The summed E-state index contributed by atoms with van der Waals surface area (Å²) in [6.45, 7) is 17.6. The summed E-state index contributed by atoms with van der Waals surface area (Å²) in [5, 5.41) is 28.9. The van der Waals surface area contributed by atoms with Gasteiger partial charge in [-0.15, -0.1) is 0 Å². The Balaban J connectivity index is 1.15. The van der Waals surface area contributed by atoms with Crippen molar-refractivity contribution in [3.8, 4) is 12.1 Å². The quantitative estimate of drug-likeness (QED) is 0.108. The number of nitriles is 2. The lowest BCUT2D eigenvalue weighted by atomic mass is 9.88. The van der Waals surface area contributed by atoms with Crippen molar-refractivity contribution in [2.24, 2.45) is 0 Å². The van der Waals surface area contributed by atoms with Crippen molar-refractivity contribution in [3.63, 3.8) is 0 Å². The molecule has 10 rings (SSSR count). The maximum atomic E-state index is 11.0. The Morgan fingerprint density at radius 3 is 1.06 bits per heavy atom. The summed E-state index contributed by atoms with van der Waals surface area (Å²) in [5.74, 6) is 0. The molecule has 0 atom stereocenters. The molecule has 3 heterocycles. The highest BCUT2D eigenvalue weighted by Crippen LogP contribution is 2.40. The van der Waals surface area contributed by atoms with Gasteiger partial charge in [0.2, 0.25) is 5.69 Å². The van der Waals surface area contributed by atoms with Crippen molar-refractivity contribution in [1.29, 1.82) is 10.5 Å². The van der Waals surface area contributed by atoms with E-state index in [1.807, 2.05) is 36.5 Å². The highest BCUT2D eigenvalue weighted by molar-refractivity contribution is 6.11. The summed E-state index contributed by atoms with van der Waals surface area (Å²) in [4.78, 5) is 4.07. The van der Waals surface area contributed by atoms with Crippen LogP contribution in [-0.4, -0.2) is 13.7 Å². The third-order valence-corrected chi connectivity index (χ3v) is 12.6. The number of aryl methyl sites for hydroxylation is 3. The zero-order valence-corrected chi connectivity index (χ0v) is 35.4. The predicted molar refractivity (Wildman–Crippen MR) is 264 cm³/mol. The first kappa shape index (κ1) is 38.8. The number of fused-ring (bicyclic) bond motifs is 9. The highest BCUT2D eigenvalue weighted by Gasteiger charge is 2.22. The molecule has 0 amide bonds. The van der Waals surface area contributed by atoms with Crippen LogP contribution < -0.4 is 0 Å². The van der Waals surface area contributed by atoms with Crippen LogP contribution in [0, 0.1) is 29.2 Å². The van der Waals surface area contributed by atoms with Gasteiger partial charge in [-0.05, 0) is 103 Å². The fourth-order valence-corrected chi connectivity index (χ4v) is 9.74. The van der Waals surface area contributed by atoms with Gasteiger partial charge < -0.3 is 13.7 Å². The molecule has 0 fully saturated rings. The SMILES string of the molecule is [C-]#[N+]c1c(/C=C/c2ccc3c(c2)c2ccccc2n3CC)c(C#N)c(/C=C/c2ccc3c(c2)c2ccccc2n3CC)c(C#N)c1/C=C/c1ccc2c(c1)c1ccccc1n2CC. The van der Waals surface area contributed by atoms with E-state index in [1.54, 1.807) is 0 Å². The Hall–Kier alpha value is -8.37. The molecule has 0 bridgehead atoms. The highest BCUT2D eigenvalue weighted by atomic mass is 15.0. The van der Waals surface area contributed by atoms with Gasteiger partial charge in [0, 0.05) is 90.6 Å². The van der Waals surface area contributed by atoms with Crippen LogP contribution in [0.15, 0.2) is 127 Å². The fourth-order valence-electron chi connectivity index (χ4n) is 9.74. The Morgan fingerprint density at radius 2 is 0.746 bits per heavy atom. The molecule has 300 valence electrons. The molecule has 10 aromatic rings. The minimum absolute atomic E-state index is 0.258. The van der Waals surface area contributed by atoms with Crippen LogP contribution in [0.4, 0.5) is 5.69 Å². The lowest BCUT2D eigenvalue weighted by Gasteiger charge is -2.13. The molecule has 0 radical (unpaired) electrons. The molecule has 0 unspecified atom stereocenters. The summed E-state index contributed by atoms with van der Waals surface area (Å²) in [6, 6.07) is 49.4. The normalized spacial score (nSPS) is 12.0. The number of para-hydroxylation sites is 3. The van der Waals surface area contributed by atoms with E-state index < -0.39 is 0 Å². The summed E-state index contributed by atoms with van der Waals surface area (Å²) >= 11 is 0. The second-order valence-electron chi connectivity index (χ2n) is 15.8. The van der Waals surface area contributed by atoms with E-state index in [9.17, 15) is 10.5 Å². The van der Waals surface area contributed by atoms with Gasteiger partial charge in [-0.3, -0.25) is 0 Å². The van der Waals surface area contributed by atoms with Gasteiger partial charge in [-0.1, -0.05) is 109 Å². The molecular formula is C57H42N6. The van der Waals surface area contributed by atoms with E-state index in [-0.39, 0.29) is 16.8 Å². The molecule has 6 heteroatoms. The second-order valence-corrected chi connectivity index (χ2v) is 15.8. The van der Waals surface area contributed by atoms with Crippen LogP contribution in [0.5, 0.6) is 0 Å². The van der Waals surface area contributed by atoms with Gasteiger partial charge >= 0.3 is 0 Å². The maximum absolute atomic E-state index is 11.0. The average Bonchev–Trinajstić information content (AvgIpc) is 3.95. The number of benzene rings is 7. The fraction of sp³-hybridized carbons (Fsp3) is 0.105. The third kappa shape index (κ3) is 6.30. The van der Waals surface area contributed by atoms with Crippen LogP contribution >= 0.6 is 0 Å². The number of hydrogen-bond acceptors (Lipinski definition) is 2. The van der Waals surface area contributed by atoms with Crippen molar-refractivity contribution in [3.05, 3.63) is 183 Å². The molecule has 0 aliphatic heterocycles. The largest absolute Gasteiger partial charge is 0.341 e. The summed E-state index contributed by atoms with van der Waals surface area (Å²) < 4.78 is 6.96. The lowest BCUT2D eigenvalue weighted by molar-refractivity contribution is 0.827. The topological polar surface area (TPSA) is 66.7 Å². The van der Waals surface area contributed by atoms with Crippen molar-refractivity contribution in [2.75, 3.05) is 0 Å². The molecule has 0 saturated heterocycles. The molecule has 0 saturated carbocycles. The summed E-state index contributed by atoms with van der Waals surface area (Å²) in [6.07, 6.45) is 11.5. The molecular weight excluding hydrogens is 769 g/mol. The molecule has 0 aliphatic carbocycles. The molecule has 0 N–H and O–H groups in total. The van der Waals surface area contributed by atoms with Crippen LogP contribution in [0.3, 0.4) is 0 Å². The minimum atomic E-state index is 0.258. The number of nitrogens with zero attached hydrogens (tertiary/aromatic N) is 6. The van der Waals surface area contributed by atoms with E-state index >= 15 is 0 Å². The minimum Gasteiger partial charge on any atom is -0.341 e. The van der Waals surface area contributed by atoms with E-state index in [4.69, 9.17) is 6.57 Å². The third-order valence-electron chi connectivity index (χ3n) is 12.6. The zero-order chi connectivity index (χ0) is 43.2. The van der Waals surface area contributed by atoms with Gasteiger partial charge in [0.15, 0.2) is 0 Å². The first-order chi connectivity index (χ1) is 31.0. The smallest absolute Gasteiger partial charge is 0.204 e.